The van der Waals surface area contributed by atoms with Crippen LogP contribution < -0.4 is 5.32 Å². The largest absolute Gasteiger partial charge is 0.352 e. The zero-order chi connectivity index (χ0) is 11.4. The molecule has 0 bridgehead atoms. The number of halogens is 1. The summed E-state index contributed by atoms with van der Waals surface area (Å²) in [5.41, 5.74) is 0. The summed E-state index contributed by atoms with van der Waals surface area (Å²) in [4.78, 5) is 2.31. The van der Waals surface area contributed by atoms with Crippen LogP contribution in [0.2, 0.25) is 0 Å². The van der Waals surface area contributed by atoms with Crippen LogP contribution in [0.1, 0.15) is 38.5 Å². The number of nitrogens with one attached hydrogen (secondary N) is 1. The molecule has 1 aliphatic carbocycles. The molecule has 2 fully saturated rings. The second-order valence-corrected chi connectivity index (χ2v) is 6.19. The fraction of sp³-hybridized carbons (Fsp3) is 0.917. The van der Waals surface area contributed by atoms with Crippen molar-refractivity contribution in [1.82, 2.24) is 10.2 Å². The minimum Gasteiger partial charge on any atom is -0.352 e. The molecule has 5 heteroatoms. The maximum absolute atomic E-state index is 5.22. The maximum atomic E-state index is 5.22. The van der Waals surface area contributed by atoms with Crippen molar-refractivity contribution >= 4 is 41.6 Å². The van der Waals surface area contributed by atoms with Crippen LogP contribution in [-0.2, 0) is 0 Å². The van der Waals surface area contributed by atoms with Crippen LogP contribution in [0.4, 0.5) is 0 Å². The van der Waals surface area contributed by atoms with Gasteiger partial charge in [0.15, 0.2) is 0 Å². The van der Waals surface area contributed by atoms with E-state index in [9.17, 15) is 0 Å². The van der Waals surface area contributed by atoms with E-state index in [0.29, 0.717) is 6.04 Å². The van der Waals surface area contributed by atoms with E-state index in [1.165, 1.54) is 38.5 Å². The van der Waals surface area contributed by atoms with Gasteiger partial charge in [0, 0.05) is 25.7 Å². The van der Waals surface area contributed by atoms with Crippen molar-refractivity contribution in [3.63, 3.8) is 0 Å². The summed E-state index contributed by atoms with van der Waals surface area (Å²) in [6.07, 6.45) is 8.43. The summed E-state index contributed by atoms with van der Waals surface area (Å²) in [5, 5.41) is 3.47. The summed E-state index contributed by atoms with van der Waals surface area (Å²) < 4.78 is 0.780. The van der Waals surface area contributed by atoms with Gasteiger partial charge in [-0.2, -0.15) is 0 Å². The monoisotopic (exact) mass is 294 g/mol. The standard InChI is InChI=1S/C12H22N2S2.ClH/c15-12(16)14-7-6-13-9-11(14)8-10-4-2-1-3-5-10;/h10-11,13H,1-9H2,(H,15,16);1H. The molecule has 2 nitrogen and oxygen atoms in total. The van der Waals surface area contributed by atoms with Crippen LogP contribution >= 0.6 is 37.3 Å². The Labute approximate surface area is 122 Å². The minimum absolute atomic E-state index is 0. The third-order valence-electron chi connectivity index (χ3n) is 3.93. The lowest BCUT2D eigenvalue weighted by atomic mass is 9.84. The third-order valence-corrected chi connectivity index (χ3v) is 4.42. The summed E-state index contributed by atoms with van der Waals surface area (Å²) in [6, 6.07) is 0.585. The zero-order valence-corrected chi connectivity index (χ0v) is 12.8. The first-order valence-corrected chi connectivity index (χ1v) is 7.33. The van der Waals surface area contributed by atoms with Crippen molar-refractivity contribution in [2.75, 3.05) is 19.6 Å². The first-order chi connectivity index (χ1) is 7.77. The first-order valence-electron chi connectivity index (χ1n) is 6.47. The van der Waals surface area contributed by atoms with Gasteiger partial charge in [-0.25, -0.2) is 0 Å². The molecule has 1 heterocycles. The maximum Gasteiger partial charge on any atom is 0.133 e. The van der Waals surface area contributed by atoms with Gasteiger partial charge in [0.05, 0.1) is 0 Å². The molecule has 1 saturated carbocycles. The van der Waals surface area contributed by atoms with Gasteiger partial charge in [-0.05, 0) is 12.3 Å². The molecule has 1 atom stereocenters. The topological polar surface area (TPSA) is 15.3 Å². The molecular weight excluding hydrogens is 272 g/mol. The number of thiol groups is 1. The summed E-state index contributed by atoms with van der Waals surface area (Å²) in [7, 11) is 0. The van der Waals surface area contributed by atoms with Gasteiger partial charge in [-0.15, -0.1) is 25.0 Å². The average molecular weight is 295 g/mol. The molecule has 1 N–H and O–H groups in total. The Kier molecular flexibility index (Phi) is 7.15. The van der Waals surface area contributed by atoms with E-state index < -0.39 is 0 Å². The lowest BCUT2D eigenvalue weighted by Gasteiger charge is -2.39. The predicted molar refractivity (Wildman–Crippen MR) is 83.4 cm³/mol. The summed E-state index contributed by atoms with van der Waals surface area (Å²) >= 11 is 9.57. The second kappa shape index (κ2) is 7.82. The van der Waals surface area contributed by atoms with E-state index in [0.717, 1.165) is 29.9 Å². The molecule has 2 rings (SSSR count). The highest BCUT2D eigenvalue weighted by Gasteiger charge is 2.26. The second-order valence-electron chi connectivity index (χ2n) is 5.07. The highest BCUT2D eigenvalue weighted by Crippen LogP contribution is 2.29. The Morgan fingerprint density at radius 1 is 1.29 bits per heavy atom. The fourth-order valence-corrected chi connectivity index (χ4v) is 3.53. The molecule has 0 amide bonds. The SMILES string of the molecule is Cl.S=C(S)N1CCNCC1CC1CCCCC1. The highest BCUT2D eigenvalue weighted by molar-refractivity contribution is 8.10. The predicted octanol–water partition coefficient (Wildman–Crippen LogP) is 2.87. The van der Waals surface area contributed by atoms with E-state index in [2.05, 4.69) is 22.8 Å². The van der Waals surface area contributed by atoms with Crippen LogP contribution in [0.5, 0.6) is 0 Å². The van der Waals surface area contributed by atoms with Gasteiger partial charge >= 0.3 is 0 Å². The van der Waals surface area contributed by atoms with Crippen LogP contribution in [0, 0.1) is 5.92 Å². The van der Waals surface area contributed by atoms with Gasteiger partial charge in [0.1, 0.15) is 4.32 Å². The lowest BCUT2D eigenvalue weighted by molar-refractivity contribution is 0.203. The highest BCUT2D eigenvalue weighted by atomic mass is 35.5. The molecule has 0 radical (unpaired) electrons. The van der Waals surface area contributed by atoms with Crippen LogP contribution in [-0.4, -0.2) is 34.9 Å². The number of rotatable bonds is 2. The number of hydrogen-bond donors (Lipinski definition) is 2. The van der Waals surface area contributed by atoms with Crippen LogP contribution in [0.15, 0.2) is 0 Å². The molecule has 1 saturated heterocycles. The number of piperazine rings is 1. The normalized spacial score (nSPS) is 26.4. The molecule has 0 aromatic carbocycles. The van der Waals surface area contributed by atoms with Gasteiger partial charge in [0.25, 0.3) is 0 Å². The van der Waals surface area contributed by atoms with Crippen molar-refractivity contribution in [3.05, 3.63) is 0 Å². The van der Waals surface area contributed by atoms with Crippen molar-refractivity contribution in [2.45, 2.75) is 44.6 Å². The molecule has 0 aromatic heterocycles. The molecule has 0 aromatic rings. The van der Waals surface area contributed by atoms with E-state index in [-0.39, 0.29) is 12.4 Å². The van der Waals surface area contributed by atoms with Gasteiger partial charge in [0.2, 0.25) is 0 Å². The Bertz CT molecular complexity index is 245. The average Bonchev–Trinajstić information content (AvgIpc) is 2.31. The van der Waals surface area contributed by atoms with E-state index in [4.69, 9.17) is 12.2 Å². The van der Waals surface area contributed by atoms with E-state index in [1.54, 1.807) is 0 Å². The van der Waals surface area contributed by atoms with Crippen molar-refractivity contribution < 1.29 is 0 Å². The van der Waals surface area contributed by atoms with Crippen LogP contribution in [0.25, 0.3) is 0 Å². The Hall–Kier alpha value is 0.490. The molecule has 1 aliphatic heterocycles. The fourth-order valence-electron chi connectivity index (χ4n) is 3.03. The lowest BCUT2D eigenvalue weighted by Crippen LogP contribution is -2.52. The van der Waals surface area contributed by atoms with Crippen molar-refractivity contribution in [2.24, 2.45) is 5.92 Å². The quantitative estimate of drug-likeness (QED) is 0.602. The molecule has 100 valence electrons. The first kappa shape index (κ1) is 15.5. The minimum atomic E-state index is 0. The van der Waals surface area contributed by atoms with Crippen molar-refractivity contribution in [1.29, 1.82) is 0 Å². The smallest absolute Gasteiger partial charge is 0.133 e. The Morgan fingerprint density at radius 2 is 2.00 bits per heavy atom. The van der Waals surface area contributed by atoms with Crippen LogP contribution in [0.3, 0.4) is 0 Å². The summed E-state index contributed by atoms with van der Waals surface area (Å²) in [5.74, 6) is 0.920. The third kappa shape index (κ3) is 4.58. The van der Waals surface area contributed by atoms with E-state index >= 15 is 0 Å². The van der Waals surface area contributed by atoms with Gasteiger partial charge in [-0.1, -0.05) is 44.3 Å². The Morgan fingerprint density at radius 3 is 2.65 bits per heavy atom. The molecule has 0 spiro atoms. The number of thiocarbonyl (C=S) groups is 1. The zero-order valence-electron chi connectivity index (χ0n) is 10.2. The number of nitrogens with zero attached hydrogens (tertiary/aromatic N) is 1. The molecule has 1 unspecified atom stereocenters. The van der Waals surface area contributed by atoms with Gasteiger partial charge < -0.3 is 10.2 Å². The Balaban J connectivity index is 0.00000144. The molecule has 17 heavy (non-hydrogen) atoms. The number of hydrogen-bond acceptors (Lipinski definition) is 2. The summed E-state index contributed by atoms with van der Waals surface area (Å²) in [6.45, 7) is 3.15. The van der Waals surface area contributed by atoms with Gasteiger partial charge in [-0.3, -0.25) is 0 Å². The van der Waals surface area contributed by atoms with E-state index in [1.807, 2.05) is 0 Å². The molecular formula is C12H23ClN2S2. The molecule has 2 aliphatic rings. The van der Waals surface area contributed by atoms with Crippen molar-refractivity contribution in [3.8, 4) is 0 Å².